The summed E-state index contributed by atoms with van der Waals surface area (Å²) in [5.41, 5.74) is 1.86. The Hall–Kier alpha value is -2.86. The van der Waals surface area contributed by atoms with E-state index in [9.17, 15) is 9.59 Å². The highest BCUT2D eigenvalue weighted by Gasteiger charge is 2.12. The molecule has 0 unspecified atom stereocenters. The van der Waals surface area contributed by atoms with Crippen molar-refractivity contribution in [3.63, 3.8) is 0 Å². The largest absolute Gasteiger partial charge is 0.495 e. The van der Waals surface area contributed by atoms with Gasteiger partial charge in [-0.25, -0.2) is 4.79 Å². The van der Waals surface area contributed by atoms with Crippen LogP contribution in [0.25, 0.3) is 0 Å². The zero-order valence-corrected chi connectivity index (χ0v) is 15.2. The lowest BCUT2D eigenvalue weighted by atomic mass is 10.1. The molecular formula is C20H23NO5. The summed E-state index contributed by atoms with van der Waals surface area (Å²) in [5, 5.41) is 2.65. The smallest absolute Gasteiger partial charge is 0.338 e. The molecule has 2 aromatic rings. The van der Waals surface area contributed by atoms with Crippen LogP contribution in [0.1, 0.15) is 29.8 Å². The number of hydrogen-bond donors (Lipinski definition) is 1. The van der Waals surface area contributed by atoms with Gasteiger partial charge in [0, 0.05) is 0 Å². The van der Waals surface area contributed by atoms with Gasteiger partial charge in [-0.15, -0.1) is 0 Å². The summed E-state index contributed by atoms with van der Waals surface area (Å²) >= 11 is 0. The van der Waals surface area contributed by atoms with Gasteiger partial charge in [-0.1, -0.05) is 24.3 Å². The normalized spacial score (nSPS) is 10.5. The average molecular weight is 357 g/mol. The number of hydrogen-bond acceptors (Lipinski definition) is 5. The standard InChI is InChI=1S/C20H23NO5/c1-14(2)25-12-15-8-10-16(11-9-15)20(23)26-13-19(22)21-17-6-4-5-7-18(17)24-3/h4-11,14H,12-13H2,1-3H3,(H,21,22). The van der Waals surface area contributed by atoms with Crippen LogP contribution < -0.4 is 10.1 Å². The molecule has 26 heavy (non-hydrogen) atoms. The molecular weight excluding hydrogens is 334 g/mol. The first kappa shape index (κ1) is 19.5. The molecule has 0 aliphatic carbocycles. The number of rotatable bonds is 8. The molecule has 2 aromatic carbocycles. The van der Waals surface area contributed by atoms with E-state index in [2.05, 4.69) is 5.32 Å². The molecule has 0 saturated carbocycles. The topological polar surface area (TPSA) is 73.9 Å². The van der Waals surface area contributed by atoms with Crippen LogP contribution >= 0.6 is 0 Å². The Morgan fingerprint density at radius 1 is 1.04 bits per heavy atom. The number of ether oxygens (including phenoxy) is 3. The SMILES string of the molecule is COc1ccccc1NC(=O)COC(=O)c1ccc(COC(C)C)cc1. The number of carbonyl (C=O) groups is 2. The second-order valence-electron chi connectivity index (χ2n) is 5.88. The average Bonchev–Trinajstić information content (AvgIpc) is 2.65. The summed E-state index contributed by atoms with van der Waals surface area (Å²) in [6.45, 7) is 4.02. The number of esters is 1. The monoisotopic (exact) mass is 357 g/mol. The lowest BCUT2D eigenvalue weighted by Crippen LogP contribution is -2.21. The number of nitrogens with one attached hydrogen (secondary N) is 1. The molecule has 2 rings (SSSR count). The van der Waals surface area contributed by atoms with Crippen molar-refractivity contribution in [1.82, 2.24) is 0 Å². The third kappa shape index (κ3) is 5.89. The highest BCUT2D eigenvalue weighted by Crippen LogP contribution is 2.22. The van der Waals surface area contributed by atoms with Crippen molar-refractivity contribution in [3.05, 3.63) is 59.7 Å². The predicted octanol–water partition coefficient (Wildman–Crippen LogP) is 3.42. The molecule has 0 heterocycles. The van der Waals surface area contributed by atoms with E-state index in [4.69, 9.17) is 14.2 Å². The van der Waals surface area contributed by atoms with Crippen molar-refractivity contribution in [2.24, 2.45) is 0 Å². The van der Waals surface area contributed by atoms with Crippen LogP contribution in [0.5, 0.6) is 5.75 Å². The fourth-order valence-electron chi connectivity index (χ4n) is 2.15. The number of benzene rings is 2. The quantitative estimate of drug-likeness (QED) is 0.733. The molecule has 0 saturated heterocycles. The van der Waals surface area contributed by atoms with Gasteiger partial charge in [0.15, 0.2) is 6.61 Å². The van der Waals surface area contributed by atoms with Crippen molar-refractivity contribution in [2.75, 3.05) is 19.0 Å². The molecule has 1 amide bonds. The Morgan fingerprint density at radius 3 is 2.38 bits per heavy atom. The molecule has 0 aromatic heterocycles. The second kappa shape index (κ2) is 9.58. The minimum atomic E-state index is -0.559. The van der Waals surface area contributed by atoms with Gasteiger partial charge in [0.25, 0.3) is 5.91 Å². The highest BCUT2D eigenvalue weighted by molar-refractivity contribution is 5.96. The summed E-state index contributed by atoms with van der Waals surface area (Å²) in [4.78, 5) is 24.0. The Labute approximate surface area is 153 Å². The van der Waals surface area contributed by atoms with Gasteiger partial charge in [-0.2, -0.15) is 0 Å². The molecule has 0 aliphatic heterocycles. The van der Waals surface area contributed by atoms with Gasteiger partial charge >= 0.3 is 5.97 Å². The van der Waals surface area contributed by atoms with Crippen LogP contribution in [0.15, 0.2) is 48.5 Å². The molecule has 1 N–H and O–H groups in total. The van der Waals surface area contributed by atoms with Crippen LogP contribution in [0, 0.1) is 0 Å². The molecule has 6 heteroatoms. The molecule has 0 aliphatic rings. The van der Waals surface area contributed by atoms with E-state index < -0.39 is 11.9 Å². The molecule has 0 radical (unpaired) electrons. The summed E-state index contributed by atoms with van der Waals surface area (Å²) in [6.07, 6.45) is 0.140. The van der Waals surface area contributed by atoms with E-state index in [0.717, 1.165) is 5.56 Å². The Morgan fingerprint density at radius 2 is 1.73 bits per heavy atom. The van der Waals surface area contributed by atoms with Crippen molar-refractivity contribution in [1.29, 1.82) is 0 Å². The van der Waals surface area contributed by atoms with Crippen molar-refractivity contribution in [3.8, 4) is 5.75 Å². The number of amides is 1. The maximum atomic E-state index is 12.0. The fraction of sp³-hybridized carbons (Fsp3) is 0.300. The molecule has 0 bridgehead atoms. The highest BCUT2D eigenvalue weighted by atomic mass is 16.5. The Bertz CT molecular complexity index is 740. The lowest BCUT2D eigenvalue weighted by molar-refractivity contribution is -0.119. The van der Waals surface area contributed by atoms with Crippen molar-refractivity contribution >= 4 is 17.6 Å². The van der Waals surface area contributed by atoms with E-state index >= 15 is 0 Å². The number of carbonyl (C=O) groups excluding carboxylic acids is 2. The lowest BCUT2D eigenvalue weighted by Gasteiger charge is -2.10. The first-order valence-electron chi connectivity index (χ1n) is 8.30. The summed E-state index contributed by atoms with van der Waals surface area (Å²) in [5.74, 6) is -0.465. The van der Waals surface area contributed by atoms with Crippen molar-refractivity contribution < 1.29 is 23.8 Å². The summed E-state index contributed by atoms with van der Waals surface area (Å²) < 4.78 is 15.7. The van der Waals surface area contributed by atoms with Crippen LogP contribution in [0.4, 0.5) is 5.69 Å². The fourth-order valence-corrected chi connectivity index (χ4v) is 2.15. The van der Waals surface area contributed by atoms with Gasteiger partial charge in [-0.3, -0.25) is 4.79 Å². The second-order valence-corrected chi connectivity index (χ2v) is 5.88. The van der Waals surface area contributed by atoms with Crippen LogP contribution in [0.2, 0.25) is 0 Å². The minimum Gasteiger partial charge on any atom is -0.495 e. The van der Waals surface area contributed by atoms with Crippen LogP contribution in [-0.2, 0) is 20.9 Å². The number of anilines is 1. The molecule has 0 spiro atoms. The van der Waals surface area contributed by atoms with Gasteiger partial charge in [-0.05, 0) is 43.7 Å². The van der Waals surface area contributed by atoms with Crippen LogP contribution in [-0.4, -0.2) is 31.7 Å². The van der Waals surface area contributed by atoms with E-state index in [1.165, 1.54) is 7.11 Å². The Kier molecular flexibility index (Phi) is 7.17. The third-order valence-electron chi connectivity index (χ3n) is 3.49. The zero-order valence-electron chi connectivity index (χ0n) is 15.2. The van der Waals surface area contributed by atoms with Gasteiger partial charge < -0.3 is 19.5 Å². The Balaban J connectivity index is 1.85. The van der Waals surface area contributed by atoms with Crippen molar-refractivity contribution in [2.45, 2.75) is 26.6 Å². The van der Waals surface area contributed by atoms with E-state index in [1.54, 1.807) is 48.5 Å². The predicted molar refractivity (Wildman–Crippen MR) is 98.3 cm³/mol. The van der Waals surface area contributed by atoms with E-state index in [-0.39, 0.29) is 12.7 Å². The maximum absolute atomic E-state index is 12.0. The van der Waals surface area contributed by atoms with E-state index in [1.807, 2.05) is 13.8 Å². The van der Waals surface area contributed by atoms with Gasteiger partial charge in [0.1, 0.15) is 5.75 Å². The zero-order chi connectivity index (χ0) is 18.9. The molecule has 0 fully saturated rings. The van der Waals surface area contributed by atoms with Gasteiger partial charge in [0.2, 0.25) is 0 Å². The van der Waals surface area contributed by atoms with Crippen LogP contribution in [0.3, 0.4) is 0 Å². The van der Waals surface area contributed by atoms with E-state index in [0.29, 0.717) is 23.6 Å². The summed E-state index contributed by atoms with van der Waals surface area (Å²) in [7, 11) is 1.51. The van der Waals surface area contributed by atoms with Gasteiger partial charge in [0.05, 0.1) is 31.1 Å². The summed E-state index contributed by atoms with van der Waals surface area (Å²) in [6, 6.07) is 13.9. The molecule has 6 nitrogen and oxygen atoms in total. The third-order valence-corrected chi connectivity index (χ3v) is 3.49. The number of methoxy groups -OCH3 is 1. The first-order valence-corrected chi connectivity index (χ1v) is 8.30. The molecule has 0 atom stereocenters. The first-order chi connectivity index (χ1) is 12.5. The number of para-hydroxylation sites is 2. The maximum Gasteiger partial charge on any atom is 0.338 e. The molecule has 138 valence electrons. The minimum absolute atomic E-state index is 0.140.